The van der Waals surface area contributed by atoms with Crippen molar-refractivity contribution < 1.29 is 50.0 Å². The minimum Gasteiger partial charge on any atom is -0.394 e. The molecule has 0 aromatic heterocycles. The highest BCUT2D eigenvalue weighted by Gasteiger charge is 2.44. The number of ether oxygens (including phenoxy) is 2. The van der Waals surface area contributed by atoms with E-state index in [0.717, 1.165) is 38.5 Å². The molecule has 0 bridgehead atoms. The van der Waals surface area contributed by atoms with Crippen LogP contribution in [-0.2, 0) is 14.3 Å². The van der Waals surface area contributed by atoms with E-state index in [4.69, 9.17) is 9.47 Å². The second-order valence-electron chi connectivity index (χ2n) is 15.1. The third kappa shape index (κ3) is 22.3. The first kappa shape index (κ1) is 48.9. The van der Waals surface area contributed by atoms with E-state index in [-0.39, 0.29) is 12.8 Å². The zero-order valence-corrected chi connectivity index (χ0v) is 32.8. The average Bonchev–Trinajstić information content (AvgIpc) is 3.14. The van der Waals surface area contributed by atoms with Crippen LogP contribution in [-0.4, -0.2) is 110 Å². The van der Waals surface area contributed by atoms with Crippen molar-refractivity contribution in [1.29, 1.82) is 0 Å². The number of carbonyl (C=O) groups is 1. The van der Waals surface area contributed by atoms with Crippen LogP contribution >= 0.6 is 0 Å². The first-order valence-electron chi connectivity index (χ1n) is 21.1. The van der Waals surface area contributed by atoms with Gasteiger partial charge in [-0.2, -0.15) is 0 Å². The van der Waals surface area contributed by atoms with Crippen molar-refractivity contribution in [2.75, 3.05) is 13.2 Å². The molecule has 11 nitrogen and oxygen atoms in total. The third-order valence-corrected chi connectivity index (χ3v) is 10.3. The van der Waals surface area contributed by atoms with Crippen LogP contribution in [0.5, 0.6) is 0 Å². The highest BCUT2D eigenvalue weighted by atomic mass is 16.7. The third-order valence-electron chi connectivity index (χ3n) is 10.3. The zero-order valence-electron chi connectivity index (χ0n) is 32.8. The molecule has 9 atom stereocenters. The molecule has 0 radical (unpaired) electrons. The van der Waals surface area contributed by atoms with Crippen molar-refractivity contribution in [1.82, 2.24) is 5.32 Å². The summed E-state index contributed by atoms with van der Waals surface area (Å²) >= 11 is 0. The number of hydrogen-bond acceptors (Lipinski definition) is 10. The van der Waals surface area contributed by atoms with E-state index in [1.165, 1.54) is 96.3 Å². The Bertz CT molecular complexity index is 861. The minimum atomic E-state index is -1.66. The summed E-state index contributed by atoms with van der Waals surface area (Å²) in [6, 6.07) is -1.18. The van der Waals surface area contributed by atoms with Gasteiger partial charge in [-0.25, -0.2) is 0 Å². The van der Waals surface area contributed by atoms with Gasteiger partial charge in [-0.05, 0) is 38.5 Å². The van der Waals surface area contributed by atoms with Crippen molar-refractivity contribution in [2.24, 2.45) is 0 Å². The monoisotopic (exact) mass is 746 g/mol. The van der Waals surface area contributed by atoms with Crippen LogP contribution in [0, 0.1) is 0 Å². The number of rotatable bonds is 34. The molecule has 1 rings (SSSR count). The first-order chi connectivity index (χ1) is 25.2. The molecule has 308 valence electrons. The van der Waals surface area contributed by atoms with Gasteiger partial charge in [0.2, 0.25) is 5.91 Å². The van der Waals surface area contributed by atoms with Crippen molar-refractivity contribution in [3.8, 4) is 0 Å². The van der Waals surface area contributed by atoms with E-state index in [2.05, 4.69) is 31.3 Å². The van der Waals surface area contributed by atoms with Gasteiger partial charge in [0.05, 0.1) is 25.4 Å². The van der Waals surface area contributed by atoms with Crippen LogP contribution in [0.4, 0.5) is 0 Å². The summed E-state index contributed by atoms with van der Waals surface area (Å²) in [5, 5.41) is 75.2. The molecule has 9 unspecified atom stereocenters. The maximum atomic E-state index is 13.0. The van der Waals surface area contributed by atoms with Gasteiger partial charge in [0.25, 0.3) is 0 Å². The standard InChI is InChI=1S/C41H79NO10/c1-3-5-7-9-11-13-15-16-17-18-19-21-23-25-27-29-34(45)40(50)42-32(31-51-41-39(49)38(48)37(47)35(30-43)52-41)36(46)33(44)28-26-24-22-20-14-12-10-8-6-4-2/h20,22,32-39,41,43-49H,3-19,21,23-31H2,1-2H3,(H,42,50)/b22-20+. The summed E-state index contributed by atoms with van der Waals surface area (Å²) < 4.78 is 11.0. The number of aliphatic hydroxyl groups excluding tert-OH is 7. The first-order valence-corrected chi connectivity index (χ1v) is 21.1. The SMILES string of the molecule is CCCCCCC/C=C/CCCC(O)C(O)C(COC1OC(CO)C(O)C(O)C1O)NC(=O)C(O)CCCCCCCCCCCCCCCCC. The maximum Gasteiger partial charge on any atom is 0.249 e. The Morgan fingerprint density at radius 3 is 1.65 bits per heavy atom. The molecule has 0 saturated carbocycles. The Kier molecular flexibility index (Phi) is 30.2. The van der Waals surface area contributed by atoms with Gasteiger partial charge in [-0.3, -0.25) is 4.79 Å². The highest BCUT2D eigenvalue weighted by Crippen LogP contribution is 2.23. The van der Waals surface area contributed by atoms with Crippen molar-refractivity contribution in [3.05, 3.63) is 12.2 Å². The Labute approximate surface area is 315 Å². The van der Waals surface area contributed by atoms with Gasteiger partial charge in [0.15, 0.2) is 6.29 Å². The summed E-state index contributed by atoms with van der Waals surface area (Å²) in [6.07, 6.45) is 19.9. The average molecular weight is 746 g/mol. The van der Waals surface area contributed by atoms with Crippen LogP contribution in [0.3, 0.4) is 0 Å². The van der Waals surface area contributed by atoms with Crippen LogP contribution in [0.2, 0.25) is 0 Å². The molecule has 1 fully saturated rings. The molecule has 1 amide bonds. The van der Waals surface area contributed by atoms with Crippen molar-refractivity contribution in [2.45, 2.75) is 229 Å². The van der Waals surface area contributed by atoms with Gasteiger partial charge < -0.3 is 50.5 Å². The van der Waals surface area contributed by atoms with Crippen LogP contribution in [0.15, 0.2) is 12.2 Å². The van der Waals surface area contributed by atoms with E-state index in [9.17, 15) is 40.5 Å². The quantitative estimate of drug-likeness (QED) is 0.0299. The predicted molar refractivity (Wildman–Crippen MR) is 206 cm³/mol. The zero-order chi connectivity index (χ0) is 38.4. The van der Waals surface area contributed by atoms with E-state index in [0.29, 0.717) is 12.8 Å². The smallest absolute Gasteiger partial charge is 0.249 e. The number of carbonyl (C=O) groups excluding carboxylic acids is 1. The Balaban J connectivity index is 2.51. The fourth-order valence-electron chi connectivity index (χ4n) is 6.73. The largest absolute Gasteiger partial charge is 0.394 e. The second kappa shape index (κ2) is 32.1. The molecule has 52 heavy (non-hydrogen) atoms. The Morgan fingerprint density at radius 2 is 1.13 bits per heavy atom. The highest BCUT2D eigenvalue weighted by molar-refractivity contribution is 5.80. The van der Waals surface area contributed by atoms with Crippen LogP contribution in [0.25, 0.3) is 0 Å². The molecule has 0 spiro atoms. The lowest BCUT2D eigenvalue weighted by Gasteiger charge is -2.40. The normalized spacial score (nSPS) is 23.1. The summed E-state index contributed by atoms with van der Waals surface area (Å²) in [6.45, 7) is 3.37. The lowest BCUT2D eigenvalue weighted by atomic mass is 9.98. The summed E-state index contributed by atoms with van der Waals surface area (Å²) in [4.78, 5) is 13.0. The number of allylic oxidation sites excluding steroid dienone is 2. The van der Waals surface area contributed by atoms with Gasteiger partial charge >= 0.3 is 0 Å². The molecule has 1 aliphatic rings. The molecule has 0 aromatic carbocycles. The number of unbranched alkanes of at least 4 members (excludes halogenated alkanes) is 20. The van der Waals surface area contributed by atoms with E-state index < -0.39 is 74.2 Å². The van der Waals surface area contributed by atoms with Gasteiger partial charge in [0.1, 0.15) is 36.6 Å². The maximum absolute atomic E-state index is 13.0. The minimum absolute atomic E-state index is 0.258. The van der Waals surface area contributed by atoms with Crippen molar-refractivity contribution >= 4 is 5.91 Å². The topological polar surface area (TPSA) is 189 Å². The van der Waals surface area contributed by atoms with E-state index >= 15 is 0 Å². The Hall–Kier alpha value is -1.15. The predicted octanol–water partition coefficient (Wildman–Crippen LogP) is 5.72. The fraction of sp³-hybridized carbons (Fsp3) is 0.927. The van der Waals surface area contributed by atoms with Crippen LogP contribution in [0.1, 0.15) is 174 Å². The fourth-order valence-corrected chi connectivity index (χ4v) is 6.73. The molecule has 8 N–H and O–H groups in total. The molecule has 1 heterocycles. The van der Waals surface area contributed by atoms with Gasteiger partial charge in [0, 0.05) is 0 Å². The number of hydrogen-bond donors (Lipinski definition) is 8. The summed E-state index contributed by atoms with van der Waals surface area (Å²) in [7, 11) is 0. The van der Waals surface area contributed by atoms with Gasteiger partial charge in [-0.15, -0.1) is 0 Å². The molecular formula is C41H79NO10. The lowest BCUT2D eigenvalue weighted by Crippen LogP contribution is -2.60. The summed E-state index contributed by atoms with van der Waals surface area (Å²) in [5.41, 5.74) is 0. The number of nitrogens with one attached hydrogen (secondary N) is 1. The molecule has 0 aromatic rings. The van der Waals surface area contributed by atoms with Gasteiger partial charge in [-0.1, -0.05) is 148 Å². The number of aliphatic hydroxyl groups is 7. The molecule has 0 aliphatic carbocycles. The van der Waals surface area contributed by atoms with Crippen molar-refractivity contribution in [3.63, 3.8) is 0 Å². The molecular weight excluding hydrogens is 666 g/mol. The molecule has 1 aliphatic heterocycles. The Morgan fingerprint density at radius 1 is 0.654 bits per heavy atom. The number of amides is 1. The lowest BCUT2D eigenvalue weighted by molar-refractivity contribution is -0.303. The molecule has 11 heteroatoms. The summed E-state index contributed by atoms with van der Waals surface area (Å²) in [5.74, 6) is -0.708. The van der Waals surface area contributed by atoms with E-state index in [1.807, 2.05) is 0 Å². The van der Waals surface area contributed by atoms with E-state index in [1.54, 1.807) is 0 Å². The second-order valence-corrected chi connectivity index (χ2v) is 15.1. The molecule has 1 saturated heterocycles. The van der Waals surface area contributed by atoms with Crippen LogP contribution < -0.4 is 5.32 Å².